The summed E-state index contributed by atoms with van der Waals surface area (Å²) < 4.78 is 31.5. The van der Waals surface area contributed by atoms with Crippen LogP contribution in [0.25, 0.3) is 0 Å². The number of nitrogens with zero attached hydrogens (tertiary/aromatic N) is 2. The number of amides is 2. The molecular formula is C22H18BClFN4O9P. The topological polar surface area (TPSA) is 208 Å². The Balaban J connectivity index is 1.64. The van der Waals surface area contributed by atoms with Gasteiger partial charge >= 0.3 is 20.7 Å². The third-order valence-corrected chi connectivity index (χ3v) is 6.84. The molecule has 2 amide bonds. The maximum absolute atomic E-state index is 14.6. The molecule has 2 heterocycles. The average Bonchev–Trinajstić information content (AvgIpc) is 2.86. The van der Waals surface area contributed by atoms with Crippen LogP contribution in [0.2, 0.25) is 5.15 Å². The van der Waals surface area contributed by atoms with Crippen molar-refractivity contribution in [3.63, 3.8) is 0 Å². The van der Waals surface area contributed by atoms with Crippen molar-refractivity contribution in [3.05, 3.63) is 82.1 Å². The summed E-state index contributed by atoms with van der Waals surface area (Å²) in [5, 5.41) is 23.6. The van der Waals surface area contributed by atoms with Crippen LogP contribution in [0.1, 0.15) is 38.0 Å². The summed E-state index contributed by atoms with van der Waals surface area (Å²) in [4.78, 5) is 63.8. The highest BCUT2D eigenvalue weighted by molar-refractivity contribution is 7.60. The van der Waals surface area contributed by atoms with Crippen molar-refractivity contribution in [2.45, 2.75) is 18.4 Å². The molecule has 0 radical (unpaired) electrons. The molecule has 0 saturated carbocycles. The predicted molar refractivity (Wildman–Crippen MR) is 133 cm³/mol. The minimum Gasteiger partial charge on any atom is -0.534 e. The first-order valence-corrected chi connectivity index (χ1v) is 13.0. The number of hydrogen-bond acceptors (Lipinski definition) is 8. The van der Waals surface area contributed by atoms with Crippen molar-refractivity contribution < 1.29 is 47.9 Å². The lowest BCUT2D eigenvalue weighted by Gasteiger charge is -2.30. The molecule has 1 aromatic heterocycles. The van der Waals surface area contributed by atoms with Gasteiger partial charge in [-0.3, -0.25) is 19.1 Å². The maximum atomic E-state index is 14.6. The van der Waals surface area contributed by atoms with Gasteiger partial charge in [-0.25, -0.2) is 14.2 Å². The van der Waals surface area contributed by atoms with Crippen LogP contribution in [0, 0.1) is 5.82 Å². The number of hydrogen-bond donors (Lipinski definition) is 6. The molecule has 1 aliphatic heterocycles. The van der Waals surface area contributed by atoms with Crippen molar-refractivity contribution in [2.24, 2.45) is 0 Å². The van der Waals surface area contributed by atoms with E-state index in [0.717, 1.165) is 24.5 Å². The zero-order valence-corrected chi connectivity index (χ0v) is 21.1. The number of carbonyl (C=O) groups excluding carboxylic acids is 2. The number of para-hydroxylation sites is 1. The molecule has 0 unspecified atom stereocenters. The Labute approximate surface area is 224 Å². The van der Waals surface area contributed by atoms with Gasteiger partial charge in [-0.05, 0) is 35.7 Å². The molecule has 0 aliphatic carbocycles. The van der Waals surface area contributed by atoms with Gasteiger partial charge in [-0.2, -0.15) is 0 Å². The van der Waals surface area contributed by atoms with Crippen molar-refractivity contribution >= 4 is 49.4 Å². The van der Waals surface area contributed by atoms with Crippen LogP contribution in [-0.2, 0) is 15.8 Å². The largest absolute Gasteiger partial charge is 0.547 e. The molecule has 1 aliphatic rings. The molecule has 39 heavy (non-hydrogen) atoms. The lowest BCUT2D eigenvalue weighted by molar-refractivity contribution is -0.123. The summed E-state index contributed by atoms with van der Waals surface area (Å²) in [6, 6.07) is 5.12. The Morgan fingerprint density at radius 2 is 1.95 bits per heavy atom. The zero-order chi connectivity index (χ0) is 28.5. The van der Waals surface area contributed by atoms with E-state index in [1.54, 1.807) is 6.07 Å². The Hall–Kier alpha value is -3.88. The highest BCUT2D eigenvalue weighted by Crippen LogP contribution is 2.35. The Kier molecular flexibility index (Phi) is 8.00. The minimum absolute atomic E-state index is 0.0602. The third-order valence-electron chi connectivity index (χ3n) is 5.67. The fourth-order valence-corrected chi connectivity index (χ4v) is 4.64. The van der Waals surface area contributed by atoms with E-state index in [1.165, 1.54) is 12.1 Å². The summed E-state index contributed by atoms with van der Waals surface area (Å²) in [6.45, 7) is 0. The molecule has 17 heteroatoms. The number of carboxylic acids is 1. The van der Waals surface area contributed by atoms with Crippen LogP contribution in [-0.4, -0.2) is 60.7 Å². The highest BCUT2D eigenvalue weighted by atomic mass is 35.5. The molecule has 4 rings (SSSR count). The quantitative estimate of drug-likeness (QED) is 0.167. The van der Waals surface area contributed by atoms with E-state index in [2.05, 4.69) is 20.6 Å². The van der Waals surface area contributed by atoms with Crippen LogP contribution >= 0.6 is 19.2 Å². The first kappa shape index (κ1) is 28.1. The second-order valence-electron chi connectivity index (χ2n) is 8.31. The molecule has 2 atom stereocenters. The Morgan fingerprint density at radius 1 is 1.21 bits per heavy atom. The number of rotatable bonds is 7. The molecule has 6 N–H and O–H groups in total. The number of nitrogens with one attached hydrogen (secondary N) is 2. The van der Waals surface area contributed by atoms with Gasteiger partial charge in [0, 0.05) is 0 Å². The van der Waals surface area contributed by atoms with Gasteiger partial charge in [-0.15, -0.1) is 0 Å². The summed E-state index contributed by atoms with van der Waals surface area (Å²) in [6.07, 6.45) is 2.16. The lowest BCUT2D eigenvalue weighted by Crippen LogP contribution is -2.55. The first-order valence-electron chi connectivity index (χ1n) is 11.0. The monoisotopic (exact) mass is 578 g/mol. The molecule has 13 nitrogen and oxygen atoms in total. The SMILES string of the molecule is O=C(N[C@@H](C(=O)N[C@H]1Cc2cccc(C(=O)O)c2OB1O)c1ccc(P(=O)(O)O)c(F)c1)c1cncc(Cl)n1. The van der Waals surface area contributed by atoms with Crippen molar-refractivity contribution in [1.29, 1.82) is 0 Å². The van der Waals surface area contributed by atoms with Gasteiger partial charge in [0.2, 0.25) is 5.91 Å². The van der Waals surface area contributed by atoms with Gasteiger partial charge in [-0.1, -0.05) is 29.8 Å². The molecule has 3 aromatic rings. The second-order valence-corrected chi connectivity index (χ2v) is 10.3. The van der Waals surface area contributed by atoms with E-state index in [1.807, 2.05) is 0 Å². The van der Waals surface area contributed by atoms with E-state index < -0.39 is 55.6 Å². The molecular weight excluding hydrogens is 560 g/mol. The highest BCUT2D eigenvalue weighted by Gasteiger charge is 2.39. The van der Waals surface area contributed by atoms with Crippen LogP contribution < -0.4 is 20.6 Å². The summed E-state index contributed by atoms with van der Waals surface area (Å²) in [5.74, 6) is -5.71. The van der Waals surface area contributed by atoms with Crippen LogP contribution in [0.4, 0.5) is 4.39 Å². The summed E-state index contributed by atoms with van der Waals surface area (Å²) in [5.41, 5.74) is -0.309. The predicted octanol–water partition coefficient (Wildman–Crippen LogP) is 0.381. The first-order chi connectivity index (χ1) is 18.3. The second kappa shape index (κ2) is 11.1. The van der Waals surface area contributed by atoms with Gasteiger partial charge < -0.3 is 35.2 Å². The van der Waals surface area contributed by atoms with E-state index in [-0.39, 0.29) is 34.1 Å². The fraction of sp³-hybridized carbons (Fsp3) is 0.136. The zero-order valence-electron chi connectivity index (χ0n) is 19.5. The van der Waals surface area contributed by atoms with Crippen LogP contribution in [0.3, 0.4) is 0 Å². The number of fused-ring (bicyclic) bond motifs is 1. The molecule has 0 spiro atoms. The van der Waals surface area contributed by atoms with E-state index in [9.17, 15) is 43.3 Å². The molecule has 2 aromatic carbocycles. The number of aromatic carboxylic acids is 1. The molecule has 0 saturated heterocycles. The Bertz CT molecular complexity index is 1520. The van der Waals surface area contributed by atoms with E-state index in [4.69, 9.17) is 16.3 Å². The number of halogens is 2. The minimum atomic E-state index is -4.98. The average molecular weight is 579 g/mol. The number of aromatic nitrogens is 2. The standard InChI is InChI=1S/C22H18BClFN4O9P/c24-17-9-26-8-14(27-17)20(30)29-18(10-4-5-15(13(25)6-10)39(35,36)37)21(31)28-16-7-11-2-1-3-12(22(32)33)19(11)38-23(16)34/h1-6,8-9,16,18,34H,7H2,(H,28,31)(H,29,30)(H,32,33)(H2,35,36,37)/t16-,18+/m0/s1. The summed E-state index contributed by atoms with van der Waals surface area (Å²) in [7, 11) is -6.67. The van der Waals surface area contributed by atoms with Gasteiger partial charge in [0.1, 0.15) is 28.5 Å². The Morgan fingerprint density at radius 3 is 2.59 bits per heavy atom. The number of carbonyl (C=O) groups is 3. The van der Waals surface area contributed by atoms with E-state index >= 15 is 0 Å². The van der Waals surface area contributed by atoms with Gasteiger partial charge in [0.25, 0.3) is 5.91 Å². The third kappa shape index (κ3) is 6.24. The molecule has 0 bridgehead atoms. The summed E-state index contributed by atoms with van der Waals surface area (Å²) >= 11 is 5.77. The number of benzene rings is 2. The van der Waals surface area contributed by atoms with E-state index in [0.29, 0.717) is 11.6 Å². The van der Waals surface area contributed by atoms with Crippen LogP contribution in [0.15, 0.2) is 48.8 Å². The van der Waals surface area contributed by atoms with Crippen molar-refractivity contribution in [3.8, 4) is 5.75 Å². The molecule has 202 valence electrons. The molecule has 0 fully saturated rings. The van der Waals surface area contributed by atoms with Gasteiger partial charge in [0.15, 0.2) is 0 Å². The fourth-order valence-electron chi connectivity index (χ4n) is 3.88. The van der Waals surface area contributed by atoms with Gasteiger partial charge in [0.05, 0.1) is 29.2 Å². The normalized spacial score (nSPS) is 15.5. The maximum Gasteiger partial charge on any atom is 0.547 e. The lowest BCUT2D eigenvalue weighted by atomic mass is 9.72. The number of carboxylic acid groups (broad SMARTS) is 1. The smallest absolute Gasteiger partial charge is 0.534 e. The van der Waals surface area contributed by atoms with Crippen molar-refractivity contribution in [1.82, 2.24) is 20.6 Å². The van der Waals surface area contributed by atoms with Crippen LogP contribution in [0.5, 0.6) is 5.75 Å². The van der Waals surface area contributed by atoms with Crippen molar-refractivity contribution in [2.75, 3.05) is 0 Å².